The van der Waals surface area contributed by atoms with Gasteiger partial charge in [-0.2, -0.15) is 5.10 Å². The van der Waals surface area contributed by atoms with Gasteiger partial charge in [-0.25, -0.2) is 18.2 Å². The van der Waals surface area contributed by atoms with Gasteiger partial charge in [0.05, 0.1) is 30.2 Å². The van der Waals surface area contributed by atoms with E-state index in [0.717, 1.165) is 57.0 Å². The standard InChI is InChI=1S/C34H33N7O4S/c1-34(2,3)29-19-30(41(39-29)24-12-10-23(11-13-24)21-40-32(43)38-33(44)46-40)37-31(42)36-27-14-15-28(26-9-5-4-8-25(26)27)45-18-16-22-7-6-17-35-20-22/h4-15,17,19-20H,16,18,21H2,1-3H3,(H2,36,37,42)(H,38,43,44). The van der Waals surface area contributed by atoms with Crippen LogP contribution in [0, 0.1) is 0 Å². The maximum absolute atomic E-state index is 13.4. The van der Waals surface area contributed by atoms with E-state index in [1.165, 1.54) is 3.96 Å². The van der Waals surface area contributed by atoms with Crippen molar-refractivity contribution in [3.8, 4) is 11.4 Å². The summed E-state index contributed by atoms with van der Waals surface area (Å²) in [7, 11) is 0. The minimum absolute atomic E-state index is 0.269. The van der Waals surface area contributed by atoms with E-state index in [2.05, 4.69) is 41.4 Å². The van der Waals surface area contributed by atoms with Gasteiger partial charge in [0.15, 0.2) is 0 Å². The molecule has 3 aromatic carbocycles. The van der Waals surface area contributed by atoms with Gasteiger partial charge < -0.3 is 10.1 Å². The number of anilines is 2. The first kappa shape index (κ1) is 30.5. The van der Waals surface area contributed by atoms with E-state index in [-0.39, 0.29) is 12.0 Å². The van der Waals surface area contributed by atoms with Crippen LogP contribution >= 0.6 is 11.5 Å². The Hall–Kier alpha value is -5.49. The molecule has 46 heavy (non-hydrogen) atoms. The number of aromatic nitrogens is 5. The molecule has 6 aromatic rings. The van der Waals surface area contributed by atoms with Crippen LogP contribution in [0.5, 0.6) is 5.75 Å². The average Bonchev–Trinajstić information content (AvgIpc) is 3.60. The Morgan fingerprint density at radius 2 is 1.72 bits per heavy atom. The second-order valence-electron chi connectivity index (χ2n) is 11.8. The number of nitrogens with zero attached hydrogens (tertiary/aromatic N) is 4. The highest BCUT2D eigenvalue weighted by Crippen LogP contribution is 2.32. The molecule has 3 heterocycles. The molecule has 0 spiro atoms. The van der Waals surface area contributed by atoms with Crippen molar-refractivity contribution in [1.29, 1.82) is 0 Å². The topological polar surface area (TPSA) is 136 Å². The molecule has 0 atom stereocenters. The lowest BCUT2D eigenvalue weighted by molar-refractivity contribution is 0.262. The maximum Gasteiger partial charge on any atom is 0.338 e. The lowest BCUT2D eigenvalue weighted by atomic mass is 9.92. The van der Waals surface area contributed by atoms with Crippen molar-refractivity contribution < 1.29 is 9.53 Å². The number of carbonyl (C=O) groups is 1. The van der Waals surface area contributed by atoms with Crippen molar-refractivity contribution in [3.63, 3.8) is 0 Å². The van der Waals surface area contributed by atoms with Crippen molar-refractivity contribution in [3.05, 3.63) is 128 Å². The van der Waals surface area contributed by atoms with Crippen LogP contribution in [0.25, 0.3) is 16.5 Å². The quantitative estimate of drug-likeness (QED) is 0.180. The van der Waals surface area contributed by atoms with E-state index >= 15 is 0 Å². The molecule has 0 aliphatic carbocycles. The predicted octanol–water partition coefficient (Wildman–Crippen LogP) is 5.94. The Kier molecular flexibility index (Phi) is 8.53. The molecule has 2 amide bonds. The lowest BCUT2D eigenvalue weighted by Gasteiger charge is -2.14. The first-order valence-corrected chi connectivity index (χ1v) is 15.5. The van der Waals surface area contributed by atoms with Crippen molar-refractivity contribution in [2.75, 3.05) is 17.2 Å². The molecule has 0 saturated heterocycles. The molecule has 0 radical (unpaired) electrons. The molecule has 234 valence electrons. The molecule has 3 aromatic heterocycles. The summed E-state index contributed by atoms with van der Waals surface area (Å²) in [5.74, 6) is 1.23. The Morgan fingerprint density at radius 3 is 2.41 bits per heavy atom. The minimum Gasteiger partial charge on any atom is -0.493 e. The van der Waals surface area contributed by atoms with Gasteiger partial charge in [-0.1, -0.05) is 63.2 Å². The smallest absolute Gasteiger partial charge is 0.338 e. The fourth-order valence-corrected chi connectivity index (χ4v) is 5.64. The van der Waals surface area contributed by atoms with Crippen molar-refractivity contribution >= 4 is 39.8 Å². The minimum atomic E-state index is -0.436. The van der Waals surface area contributed by atoms with Crippen LogP contribution in [0.3, 0.4) is 0 Å². The summed E-state index contributed by atoms with van der Waals surface area (Å²) in [6, 6.07) is 24.3. The van der Waals surface area contributed by atoms with E-state index in [1.807, 2.05) is 85.1 Å². The molecule has 0 unspecified atom stereocenters. The molecule has 0 fully saturated rings. The molecule has 6 rings (SSSR count). The number of hydrogen-bond donors (Lipinski definition) is 3. The number of urea groups is 1. The van der Waals surface area contributed by atoms with Crippen molar-refractivity contribution in [2.45, 2.75) is 39.2 Å². The maximum atomic E-state index is 13.4. The van der Waals surface area contributed by atoms with E-state index in [1.54, 1.807) is 10.9 Å². The number of rotatable bonds is 9. The first-order chi connectivity index (χ1) is 22.1. The fourth-order valence-electron chi connectivity index (χ4n) is 4.96. The number of carbonyl (C=O) groups excluding carboxylic acids is 1. The monoisotopic (exact) mass is 635 g/mol. The second-order valence-corrected chi connectivity index (χ2v) is 12.8. The highest BCUT2D eigenvalue weighted by Gasteiger charge is 2.22. The van der Waals surface area contributed by atoms with Gasteiger partial charge in [0.2, 0.25) is 0 Å². The van der Waals surface area contributed by atoms with Crippen LogP contribution < -0.4 is 25.9 Å². The number of ether oxygens (including phenoxy) is 1. The van der Waals surface area contributed by atoms with E-state index < -0.39 is 16.6 Å². The molecule has 0 bridgehead atoms. The van der Waals surface area contributed by atoms with Gasteiger partial charge in [0.1, 0.15) is 11.6 Å². The molecule has 0 aliphatic heterocycles. The third kappa shape index (κ3) is 6.92. The summed E-state index contributed by atoms with van der Waals surface area (Å²) >= 11 is 0.841. The second kappa shape index (κ2) is 12.9. The van der Waals surface area contributed by atoms with Crippen molar-refractivity contribution in [2.24, 2.45) is 0 Å². The zero-order chi connectivity index (χ0) is 32.3. The zero-order valence-electron chi connectivity index (χ0n) is 25.6. The van der Waals surface area contributed by atoms with Crippen LogP contribution in [-0.4, -0.2) is 36.3 Å². The van der Waals surface area contributed by atoms with Crippen LogP contribution in [0.15, 0.2) is 101 Å². The number of hydrogen-bond acceptors (Lipinski definition) is 7. The fraction of sp³-hybridized carbons (Fsp3) is 0.206. The van der Waals surface area contributed by atoms with Gasteiger partial charge >= 0.3 is 16.6 Å². The van der Waals surface area contributed by atoms with E-state index in [0.29, 0.717) is 18.1 Å². The normalized spacial score (nSPS) is 11.5. The summed E-state index contributed by atoms with van der Waals surface area (Å²) in [5.41, 5.74) is 3.40. The summed E-state index contributed by atoms with van der Waals surface area (Å²) in [4.78, 5) is 42.9. The predicted molar refractivity (Wildman–Crippen MR) is 181 cm³/mol. The number of amides is 2. The molecule has 11 nitrogen and oxygen atoms in total. The number of pyridine rings is 1. The molecule has 3 N–H and O–H groups in total. The van der Waals surface area contributed by atoms with Crippen LogP contribution in [0.2, 0.25) is 0 Å². The summed E-state index contributed by atoms with van der Waals surface area (Å²) < 4.78 is 9.18. The molecular formula is C34H33N7O4S. The van der Waals surface area contributed by atoms with Gasteiger partial charge in [-0.3, -0.25) is 20.1 Å². The number of H-pyrrole nitrogens is 1. The first-order valence-electron chi connectivity index (χ1n) is 14.8. The largest absolute Gasteiger partial charge is 0.493 e. The number of benzene rings is 3. The van der Waals surface area contributed by atoms with Gasteiger partial charge in [-0.05, 0) is 41.5 Å². The number of fused-ring (bicyclic) bond motifs is 1. The third-order valence-electron chi connectivity index (χ3n) is 7.36. The van der Waals surface area contributed by atoms with E-state index in [4.69, 9.17) is 9.84 Å². The van der Waals surface area contributed by atoms with Crippen molar-refractivity contribution in [1.82, 2.24) is 23.7 Å². The van der Waals surface area contributed by atoms with E-state index in [9.17, 15) is 14.4 Å². The summed E-state index contributed by atoms with van der Waals surface area (Å²) in [6.07, 6.45) is 4.31. The zero-order valence-corrected chi connectivity index (χ0v) is 26.4. The van der Waals surface area contributed by atoms with Crippen LogP contribution in [0.1, 0.15) is 37.6 Å². The Morgan fingerprint density at radius 1 is 0.935 bits per heavy atom. The highest BCUT2D eigenvalue weighted by molar-refractivity contribution is 7.03. The van der Waals surface area contributed by atoms with Gasteiger partial charge in [0.25, 0.3) is 0 Å². The van der Waals surface area contributed by atoms with Crippen LogP contribution in [0.4, 0.5) is 16.3 Å². The molecule has 0 aliphatic rings. The number of nitrogens with one attached hydrogen (secondary N) is 3. The summed E-state index contributed by atoms with van der Waals surface area (Å²) in [5, 5.41) is 12.5. The third-order valence-corrected chi connectivity index (χ3v) is 8.14. The Labute approximate surface area is 268 Å². The Balaban J connectivity index is 1.20. The molecular weight excluding hydrogens is 602 g/mol. The molecule has 0 saturated carbocycles. The highest BCUT2D eigenvalue weighted by atomic mass is 32.1. The summed E-state index contributed by atoms with van der Waals surface area (Å²) in [6.45, 7) is 6.93. The SMILES string of the molecule is CC(C)(C)c1cc(NC(=O)Nc2ccc(OCCc3cccnc3)c3ccccc23)n(-c2ccc(Cn3sc(=O)[nH]c3=O)cc2)n1. The van der Waals surface area contributed by atoms with Crippen LogP contribution in [-0.2, 0) is 18.4 Å². The van der Waals surface area contributed by atoms with Gasteiger partial charge in [0, 0.05) is 52.6 Å². The van der Waals surface area contributed by atoms with Gasteiger partial charge in [-0.15, -0.1) is 0 Å². The number of aromatic amines is 1. The Bertz CT molecular complexity index is 2110. The average molecular weight is 636 g/mol. The lowest BCUT2D eigenvalue weighted by Crippen LogP contribution is -2.21. The molecule has 12 heteroatoms.